The Labute approximate surface area is 92.9 Å². The lowest BCUT2D eigenvalue weighted by atomic mass is 10.2. The Bertz CT molecular complexity index is 419. The number of rotatable bonds is 5. The first kappa shape index (κ1) is 12.1. The van der Waals surface area contributed by atoms with Crippen molar-refractivity contribution in [3.05, 3.63) is 17.5 Å². The minimum Gasteiger partial charge on any atom is -0.461 e. The van der Waals surface area contributed by atoms with Crippen molar-refractivity contribution in [2.24, 2.45) is 12.0 Å². The number of aromatic nitrogens is 2. The Morgan fingerprint density at radius 1 is 1.69 bits per heavy atom. The molecule has 0 saturated carbocycles. The summed E-state index contributed by atoms with van der Waals surface area (Å²) in [7, 11) is 1.72. The van der Waals surface area contributed by atoms with Gasteiger partial charge < -0.3 is 4.74 Å². The maximum absolute atomic E-state index is 11.5. The summed E-state index contributed by atoms with van der Waals surface area (Å²) in [5.74, 6) is -0.451. The summed E-state index contributed by atoms with van der Waals surface area (Å²) in [6.07, 6.45) is 3.63. The summed E-state index contributed by atoms with van der Waals surface area (Å²) in [6, 6.07) is 0. The maximum Gasteiger partial charge on any atom is 0.359 e. The predicted octanol–water partition coefficient (Wildman–Crippen LogP) is 0.475. The molecule has 0 unspecified atom stereocenters. The lowest BCUT2D eigenvalue weighted by molar-refractivity contribution is 0.0517. The molecule has 0 aliphatic carbocycles. The van der Waals surface area contributed by atoms with Gasteiger partial charge in [0.25, 0.3) is 0 Å². The SMILES string of the molecule is CCOC(=O)c1nn(C)cc1CCN=C=O. The van der Waals surface area contributed by atoms with E-state index >= 15 is 0 Å². The van der Waals surface area contributed by atoms with Gasteiger partial charge in [-0.25, -0.2) is 14.6 Å². The molecular formula is C10H13N3O3. The van der Waals surface area contributed by atoms with E-state index in [1.807, 2.05) is 0 Å². The molecule has 0 aliphatic rings. The highest BCUT2D eigenvalue weighted by Crippen LogP contribution is 2.09. The van der Waals surface area contributed by atoms with E-state index < -0.39 is 5.97 Å². The fourth-order valence-corrected chi connectivity index (χ4v) is 1.31. The molecule has 6 heteroatoms. The van der Waals surface area contributed by atoms with Gasteiger partial charge >= 0.3 is 5.97 Å². The number of carbonyl (C=O) groups excluding carboxylic acids is 2. The first-order valence-corrected chi connectivity index (χ1v) is 4.92. The van der Waals surface area contributed by atoms with Crippen LogP contribution in [0.25, 0.3) is 0 Å². The molecule has 6 nitrogen and oxygen atoms in total. The summed E-state index contributed by atoms with van der Waals surface area (Å²) < 4.78 is 6.40. The van der Waals surface area contributed by atoms with Crippen molar-refractivity contribution in [2.75, 3.05) is 13.2 Å². The van der Waals surface area contributed by atoms with Crippen LogP contribution in [-0.2, 0) is 23.0 Å². The van der Waals surface area contributed by atoms with Crippen LogP contribution in [0.15, 0.2) is 11.2 Å². The molecule has 0 amide bonds. The third kappa shape index (κ3) is 3.03. The van der Waals surface area contributed by atoms with Gasteiger partial charge in [0, 0.05) is 18.8 Å². The Hall–Kier alpha value is -1.94. The maximum atomic E-state index is 11.5. The smallest absolute Gasteiger partial charge is 0.359 e. The van der Waals surface area contributed by atoms with Crippen molar-refractivity contribution in [2.45, 2.75) is 13.3 Å². The van der Waals surface area contributed by atoms with Gasteiger partial charge in [0.05, 0.1) is 13.2 Å². The lowest BCUT2D eigenvalue weighted by Gasteiger charge is -1.99. The van der Waals surface area contributed by atoms with Gasteiger partial charge in [-0.05, 0) is 13.3 Å². The zero-order chi connectivity index (χ0) is 12.0. The quantitative estimate of drug-likeness (QED) is 0.413. The van der Waals surface area contributed by atoms with E-state index in [0.29, 0.717) is 19.6 Å². The number of esters is 1. The molecule has 0 aliphatic heterocycles. The predicted molar refractivity (Wildman–Crippen MR) is 55.9 cm³/mol. The van der Waals surface area contributed by atoms with Crippen LogP contribution in [0.1, 0.15) is 23.0 Å². The van der Waals surface area contributed by atoms with Crippen LogP contribution < -0.4 is 0 Å². The molecule has 0 aromatic carbocycles. The van der Waals surface area contributed by atoms with Crippen LogP contribution in [0.2, 0.25) is 0 Å². The molecule has 86 valence electrons. The van der Waals surface area contributed by atoms with E-state index in [9.17, 15) is 9.59 Å². The summed E-state index contributed by atoms with van der Waals surface area (Å²) in [5.41, 5.74) is 1.00. The van der Waals surface area contributed by atoms with Crippen LogP contribution in [0.3, 0.4) is 0 Å². The van der Waals surface area contributed by atoms with E-state index in [2.05, 4.69) is 10.1 Å². The molecule has 1 heterocycles. The average Bonchev–Trinajstić information content (AvgIpc) is 2.61. The minimum absolute atomic E-state index is 0.283. The Morgan fingerprint density at radius 3 is 3.06 bits per heavy atom. The van der Waals surface area contributed by atoms with Crippen molar-refractivity contribution in [3.63, 3.8) is 0 Å². The Kier molecular flexibility index (Phi) is 4.42. The standard InChI is InChI=1S/C10H13N3O3/c1-3-16-10(15)9-8(4-5-11-7-14)6-13(2)12-9/h6H,3-5H2,1-2H3. The van der Waals surface area contributed by atoms with Crippen molar-refractivity contribution < 1.29 is 14.3 Å². The van der Waals surface area contributed by atoms with Crippen molar-refractivity contribution in [3.8, 4) is 0 Å². The first-order valence-electron chi connectivity index (χ1n) is 4.92. The molecule has 0 spiro atoms. The molecule has 1 aromatic heterocycles. The van der Waals surface area contributed by atoms with Crippen molar-refractivity contribution in [1.82, 2.24) is 9.78 Å². The average molecular weight is 223 g/mol. The number of nitrogens with zero attached hydrogens (tertiary/aromatic N) is 3. The fourth-order valence-electron chi connectivity index (χ4n) is 1.31. The normalized spacial score (nSPS) is 9.62. The van der Waals surface area contributed by atoms with Gasteiger partial charge in [0.1, 0.15) is 0 Å². The van der Waals surface area contributed by atoms with E-state index in [0.717, 1.165) is 5.56 Å². The third-order valence-corrected chi connectivity index (χ3v) is 1.93. The molecule has 1 aromatic rings. The van der Waals surface area contributed by atoms with Crippen molar-refractivity contribution in [1.29, 1.82) is 0 Å². The highest BCUT2D eigenvalue weighted by molar-refractivity contribution is 5.88. The molecule has 0 bridgehead atoms. The van der Waals surface area contributed by atoms with Crippen LogP contribution in [0, 0.1) is 0 Å². The second-order valence-electron chi connectivity index (χ2n) is 3.12. The third-order valence-electron chi connectivity index (χ3n) is 1.93. The molecule has 16 heavy (non-hydrogen) atoms. The molecule has 0 saturated heterocycles. The number of hydrogen-bond donors (Lipinski definition) is 0. The van der Waals surface area contributed by atoms with Crippen LogP contribution in [0.4, 0.5) is 0 Å². The van der Waals surface area contributed by atoms with Gasteiger partial charge in [-0.2, -0.15) is 5.10 Å². The highest BCUT2D eigenvalue weighted by atomic mass is 16.5. The highest BCUT2D eigenvalue weighted by Gasteiger charge is 2.16. The van der Waals surface area contributed by atoms with Gasteiger partial charge in [0.2, 0.25) is 6.08 Å². The number of aryl methyl sites for hydroxylation is 1. The van der Waals surface area contributed by atoms with Crippen LogP contribution >= 0.6 is 0 Å². The van der Waals surface area contributed by atoms with Gasteiger partial charge in [-0.3, -0.25) is 4.68 Å². The zero-order valence-corrected chi connectivity index (χ0v) is 9.27. The molecule has 0 N–H and O–H groups in total. The van der Waals surface area contributed by atoms with Crippen LogP contribution in [-0.4, -0.2) is 35.0 Å². The summed E-state index contributed by atoms with van der Waals surface area (Å²) in [5, 5.41) is 4.01. The van der Waals surface area contributed by atoms with E-state index in [1.54, 1.807) is 20.2 Å². The van der Waals surface area contributed by atoms with Crippen LogP contribution in [0.5, 0.6) is 0 Å². The van der Waals surface area contributed by atoms with Gasteiger partial charge in [0.15, 0.2) is 5.69 Å². The zero-order valence-electron chi connectivity index (χ0n) is 9.27. The number of hydrogen-bond acceptors (Lipinski definition) is 5. The largest absolute Gasteiger partial charge is 0.461 e. The van der Waals surface area contributed by atoms with Gasteiger partial charge in [-0.15, -0.1) is 0 Å². The fraction of sp³-hybridized carbons (Fsp3) is 0.500. The number of carbonyl (C=O) groups is 1. The topological polar surface area (TPSA) is 73.5 Å². The second-order valence-corrected chi connectivity index (χ2v) is 3.12. The van der Waals surface area contributed by atoms with Crippen molar-refractivity contribution >= 4 is 12.0 Å². The van der Waals surface area contributed by atoms with E-state index in [4.69, 9.17) is 4.74 Å². The number of ether oxygens (including phenoxy) is 1. The minimum atomic E-state index is -0.451. The van der Waals surface area contributed by atoms with Gasteiger partial charge in [-0.1, -0.05) is 0 Å². The first-order chi connectivity index (χ1) is 7.69. The monoisotopic (exact) mass is 223 g/mol. The molecular weight excluding hydrogens is 210 g/mol. The Balaban J connectivity index is 2.82. The summed E-state index contributed by atoms with van der Waals surface area (Å²) in [4.78, 5) is 24.9. The number of aliphatic imine (C=N–C) groups is 1. The molecule has 0 radical (unpaired) electrons. The second kappa shape index (κ2) is 5.82. The molecule has 0 atom stereocenters. The molecule has 0 fully saturated rings. The summed E-state index contributed by atoms with van der Waals surface area (Å²) in [6.45, 7) is 2.33. The Morgan fingerprint density at radius 2 is 2.44 bits per heavy atom. The summed E-state index contributed by atoms with van der Waals surface area (Å²) >= 11 is 0. The van der Waals surface area contributed by atoms with E-state index in [1.165, 1.54) is 10.8 Å². The lowest BCUT2D eigenvalue weighted by Crippen LogP contribution is -2.09. The number of isocyanates is 1. The molecule has 1 rings (SSSR count). The van der Waals surface area contributed by atoms with E-state index in [-0.39, 0.29) is 5.69 Å².